The molecule has 0 radical (unpaired) electrons. The minimum absolute atomic E-state index is 0.391. The molecule has 1 aliphatic heterocycles. The zero-order valence-corrected chi connectivity index (χ0v) is 11.1. The maximum Gasteiger partial charge on any atom is 0.0882 e. The highest BCUT2D eigenvalue weighted by Crippen LogP contribution is 2.27. The number of aromatic nitrogens is 2. The van der Waals surface area contributed by atoms with Crippen molar-refractivity contribution in [2.45, 2.75) is 19.4 Å². The van der Waals surface area contributed by atoms with Crippen LogP contribution in [0.25, 0.3) is 11.3 Å². The van der Waals surface area contributed by atoms with E-state index in [0.717, 1.165) is 36.6 Å². The molecule has 0 spiro atoms. The van der Waals surface area contributed by atoms with E-state index in [2.05, 4.69) is 34.6 Å². The van der Waals surface area contributed by atoms with E-state index in [1.165, 1.54) is 0 Å². The third-order valence-electron chi connectivity index (χ3n) is 3.76. The van der Waals surface area contributed by atoms with E-state index >= 15 is 0 Å². The van der Waals surface area contributed by atoms with E-state index in [0.29, 0.717) is 12.0 Å². The smallest absolute Gasteiger partial charge is 0.0882 e. The summed E-state index contributed by atoms with van der Waals surface area (Å²) in [4.78, 5) is 0. The molecule has 1 saturated heterocycles. The summed E-state index contributed by atoms with van der Waals surface area (Å²) in [5, 5.41) is 10.8. The van der Waals surface area contributed by atoms with E-state index in [-0.39, 0.29) is 0 Å². The number of H-pyrrole nitrogens is 1. The molecule has 100 valence electrons. The molecule has 2 atom stereocenters. The van der Waals surface area contributed by atoms with Gasteiger partial charge in [-0.15, -0.1) is 0 Å². The first-order valence-corrected chi connectivity index (χ1v) is 6.77. The Balaban J connectivity index is 1.77. The molecule has 0 amide bonds. The van der Waals surface area contributed by atoms with Gasteiger partial charge in [0.25, 0.3) is 0 Å². The maximum absolute atomic E-state index is 5.45. The van der Waals surface area contributed by atoms with Gasteiger partial charge in [-0.3, -0.25) is 5.10 Å². The molecule has 4 heteroatoms. The number of hydrogen-bond acceptors (Lipinski definition) is 3. The largest absolute Gasteiger partial charge is 0.381 e. The van der Waals surface area contributed by atoms with Gasteiger partial charge in [-0.2, -0.15) is 5.10 Å². The molecular weight excluding hydrogens is 238 g/mol. The van der Waals surface area contributed by atoms with Crippen molar-refractivity contribution < 1.29 is 4.74 Å². The SMILES string of the molecule is C[C@H](Nc1cn[nH]c1-c1ccccc1)[C@@H]1CCOC1. The standard InChI is InChI=1S/C15H19N3O/c1-11(13-7-8-19-10-13)17-14-9-16-18-15(14)12-5-3-2-4-6-12/h2-6,9,11,13,17H,7-8,10H2,1H3,(H,16,18)/t11-,13+/m0/s1. The lowest BCUT2D eigenvalue weighted by Gasteiger charge is -2.20. The molecule has 2 aromatic rings. The Hall–Kier alpha value is -1.81. The molecule has 3 rings (SSSR count). The second kappa shape index (κ2) is 5.45. The molecule has 1 aromatic carbocycles. The van der Waals surface area contributed by atoms with Crippen LogP contribution in [0.5, 0.6) is 0 Å². The Bertz CT molecular complexity index is 517. The summed E-state index contributed by atoms with van der Waals surface area (Å²) in [6.45, 7) is 3.95. The molecule has 19 heavy (non-hydrogen) atoms. The van der Waals surface area contributed by atoms with Crippen molar-refractivity contribution >= 4 is 5.69 Å². The van der Waals surface area contributed by atoms with Crippen LogP contribution in [-0.4, -0.2) is 29.5 Å². The summed E-state index contributed by atoms with van der Waals surface area (Å²) in [6.07, 6.45) is 2.99. The molecule has 0 aliphatic carbocycles. The molecular formula is C15H19N3O. The van der Waals surface area contributed by atoms with Crippen LogP contribution in [0.4, 0.5) is 5.69 Å². The number of hydrogen-bond donors (Lipinski definition) is 2. The second-order valence-electron chi connectivity index (χ2n) is 5.08. The third-order valence-corrected chi connectivity index (χ3v) is 3.76. The van der Waals surface area contributed by atoms with Gasteiger partial charge in [0, 0.05) is 24.1 Å². The highest BCUT2D eigenvalue weighted by molar-refractivity contribution is 5.73. The van der Waals surface area contributed by atoms with Gasteiger partial charge in [-0.1, -0.05) is 30.3 Å². The normalized spacial score (nSPS) is 20.4. The third kappa shape index (κ3) is 2.63. The number of aromatic amines is 1. The summed E-state index contributed by atoms with van der Waals surface area (Å²) < 4.78 is 5.45. The molecule has 0 saturated carbocycles. The Morgan fingerprint density at radius 1 is 1.37 bits per heavy atom. The van der Waals surface area contributed by atoms with Crippen LogP contribution in [0.1, 0.15) is 13.3 Å². The van der Waals surface area contributed by atoms with E-state index in [9.17, 15) is 0 Å². The summed E-state index contributed by atoms with van der Waals surface area (Å²) in [6, 6.07) is 10.7. The lowest BCUT2D eigenvalue weighted by Crippen LogP contribution is -2.26. The average Bonchev–Trinajstić information content (AvgIpc) is 3.11. The first-order valence-electron chi connectivity index (χ1n) is 6.77. The summed E-state index contributed by atoms with van der Waals surface area (Å²) in [5.41, 5.74) is 3.26. The zero-order chi connectivity index (χ0) is 13.1. The minimum Gasteiger partial charge on any atom is -0.381 e. The van der Waals surface area contributed by atoms with Gasteiger partial charge < -0.3 is 10.1 Å². The number of rotatable bonds is 4. The Labute approximate surface area is 113 Å². The number of benzene rings is 1. The Morgan fingerprint density at radius 3 is 2.95 bits per heavy atom. The molecule has 1 aromatic heterocycles. The average molecular weight is 257 g/mol. The summed E-state index contributed by atoms with van der Waals surface area (Å²) >= 11 is 0. The Morgan fingerprint density at radius 2 is 2.21 bits per heavy atom. The van der Waals surface area contributed by atoms with Crippen molar-refractivity contribution in [3.8, 4) is 11.3 Å². The van der Waals surface area contributed by atoms with Gasteiger partial charge >= 0.3 is 0 Å². The fourth-order valence-corrected chi connectivity index (χ4v) is 2.53. The quantitative estimate of drug-likeness (QED) is 0.885. The number of nitrogens with one attached hydrogen (secondary N) is 2. The molecule has 2 N–H and O–H groups in total. The van der Waals surface area contributed by atoms with Crippen molar-refractivity contribution in [3.05, 3.63) is 36.5 Å². The molecule has 4 nitrogen and oxygen atoms in total. The predicted octanol–water partition coefficient (Wildman–Crippen LogP) is 2.91. The fourth-order valence-electron chi connectivity index (χ4n) is 2.53. The zero-order valence-electron chi connectivity index (χ0n) is 11.1. The number of nitrogens with zero attached hydrogens (tertiary/aromatic N) is 1. The maximum atomic E-state index is 5.45. The minimum atomic E-state index is 0.391. The lowest BCUT2D eigenvalue weighted by atomic mass is 10.0. The van der Waals surface area contributed by atoms with Crippen molar-refractivity contribution in [2.24, 2.45) is 5.92 Å². The van der Waals surface area contributed by atoms with E-state index in [1.807, 2.05) is 24.4 Å². The highest BCUT2D eigenvalue weighted by atomic mass is 16.5. The predicted molar refractivity (Wildman–Crippen MR) is 76.0 cm³/mol. The first kappa shape index (κ1) is 12.2. The molecule has 0 bridgehead atoms. The molecule has 1 aliphatic rings. The van der Waals surface area contributed by atoms with Gasteiger partial charge in [-0.25, -0.2) is 0 Å². The van der Waals surface area contributed by atoms with E-state index in [1.54, 1.807) is 0 Å². The van der Waals surface area contributed by atoms with Gasteiger partial charge in [0.05, 0.1) is 24.2 Å². The molecule has 0 unspecified atom stereocenters. The van der Waals surface area contributed by atoms with Crippen molar-refractivity contribution in [3.63, 3.8) is 0 Å². The second-order valence-corrected chi connectivity index (χ2v) is 5.08. The van der Waals surface area contributed by atoms with Crippen molar-refractivity contribution in [1.82, 2.24) is 10.2 Å². The van der Waals surface area contributed by atoms with Crippen LogP contribution in [0.3, 0.4) is 0 Å². The van der Waals surface area contributed by atoms with Crippen LogP contribution >= 0.6 is 0 Å². The van der Waals surface area contributed by atoms with Gasteiger partial charge in [0.1, 0.15) is 0 Å². The summed E-state index contributed by atoms with van der Waals surface area (Å²) in [7, 11) is 0. The van der Waals surface area contributed by atoms with Gasteiger partial charge in [0.15, 0.2) is 0 Å². The van der Waals surface area contributed by atoms with Crippen LogP contribution in [-0.2, 0) is 4.74 Å². The Kier molecular flexibility index (Phi) is 3.51. The monoisotopic (exact) mass is 257 g/mol. The van der Waals surface area contributed by atoms with Gasteiger partial charge in [0.2, 0.25) is 0 Å². The molecule has 1 fully saturated rings. The van der Waals surface area contributed by atoms with Crippen LogP contribution in [0.2, 0.25) is 0 Å². The van der Waals surface area contributed by atoms with Crippen LogP contribution in [0.15, 0.2) is 36.5 Å². The first-order chi connectivity index (χ1) is 9.34. The fraction of sp³-hybridized carbons (Fsp3) is 0.400. The number of ether oxygens (including phenoxy) is 1. The van der Waals surface area contributed by atoms with E-state index < -0.39 is 0 Å². The molecule has 2 heterocycles. The van der Waals surface area contributed by atoms with Crippen molar-refractivity contribution in [1.29, 1.82) is 0 Å². The van der Waals surface area contributed by atoms with Crippen molar-refractivity contribution in [2.75, 3.05) is 18.5 Å². The van der Waals surface area contributed by atoms with Crippen LogP contribution < -0.4 is 5.32 Å². The van der Waals surface area contributed by atoms with Crippen LogP contribution in [0, 0.1) is 5.92 Å². The van der Waals surface area contributed by atoms with Gasteiger partial charge in [-0.05, 0) is 13.3 Å². The lowest BCUT2D eigenvalue weighted by molar-refractivity contribution is 0.183. The highest BCUT2D eigenvalue weighted by Gasteiger charge is 2.23. The topological polar surface area (TPSA) is 49.9 Å². The van der Waals surface area contributed by atoms with E-state index in [4.69, 9.17) is 4.74 Å². The number of anilines is 1. The summed E-state index contributed by atoms with van der Waals surface area (Å²) in [5.74, 6) is 0.582.